The van der Waals surface area contributed by atoms with Gasteiger partial charge in [0.15, 0.2) is 11.4 Å². The Morgan fingerprint density at radius 3 is 2.29 bits per heavy atom. The standard InChI is InChI=1S/C26H21N3O5/c30-22-19-13-18(17-9-5-2-6-10-17)24(32)29(15-16-7-3-1-4-8-16)20(19)14-27-21(22)23(31)28-26(11-12-26)25(33)34/h1-10,13-14,30H,11-12,15H2,(H,28,31)(H,33,34). The molecule has 0 bridgehead atoms. The first kappa shape index (κ1) is 21.4. The van der Waals surface area contributed by atoms with Gasteiger partial charge in [-0.1, -0.05) is 60.7 Å². The number of rotatable bonds is 6. The Hall–Kier alpha value is -4.46. The number of fused-ring (bicyclic) bond motifs is 1. The highest BCUT2D eigenvalue weighted by Gasteiger charge is 2.52. The minimum Gasteiger partial charge on any atom is -0.505 e. The smallest absolute Gasteiger partial charge is 0.329 e. The minimum absolute atomic E-state index is 0.242. The first-order chi connectivity index (χ1) is 16.4. The van der Waals surface area contributed by atoms with Gasteiger partial charge in [-0.3, -0.25) is 9.59 Å². The molecule has 2 aromatic heterocycles. The maximum Gasteiger partial charge on any atom is 0.329 e. The molecule has 1 aliphatic carbocycles. The van der Waals surface area contributed by atoms with E-state index in [9.17, 15) is 24.6 Å². The monoisotopic (exact) mass is 455 g/mol. The Bertz CT molecular complexity index is 1480. The Balaban J connectivity index is 1.68. The van der Waals surface area contributed by atoms with Crippen molar-refractivity contribution in [1.82, 2.24) is 14.9 Å². The first-order valence-corrected chi connectivity index (χ1v) is 10.8. The predicted octanol–water partition coefficient (Wildman–Crippen LogP) is 3.16. The largest absolute Gasteiger partial charge is 0.505 e. The molecule has 4 aromatic rings. The molecule has 2 heterocycles. The summed E-state index contributed by atoms with van der Waals surface area (Å²) in [5.41, 5.74) is 0.410. The summed E-state index contributed by atoms with van der Waals surface area (Å²) in [4.78, 5) is 41.9. The normalized spacial score (nSPS) is 14.0. The molecule has 8 heteroatoms. The minimum atomic E-state index is -1.32. The van der Waals surface area contributed by atoms with Crippen molar-refractivity contribution >= 4 is 22.8 Å². The van der Waals surface area contributed by atoms with E-state index in [0.717, 1.165) is 5.56 Å². The van der Waals surface area contributed by atoms with Crippen LogP contribution in [0.5, 0.6) is 5.75 Å². The third kappa shape index (κ3) is 3.69. The maximum absolute atomic E-state index is 13.5. The highest BCUT2D eigenvalue weighted by molar-refractivity contribution is 6.03. The van der Waals surface area contributed by atoms with E-state index in [-0.39, 0.29) is 23.2 Å². The van der Waals surface area contributed by atoms with Crippen LogP contribution >= 0.6 is 0 Å². The average molecular weight is 455 g/mol. The second-order valence-corrected chi connectivity index (χ2v) is 8.40. The Labute approximate surface area is 194 Å². The molecule has 0 spiro atoms. The van der Waals surface area contributed by atoms with Crippen molar-refractivity contribution in [2.75, 3.05) is 0 Å². The molecule has 8 nitrogen and oxygen atoms in total. The Morgan fingerprint density at radius 1 is 1.03 bits per heavy atom. The maximum atomic E-state index is 13.5. The van der Waals surface area contributed by atoms with Crippen LogP contribution in [0.15, 0.2) is 77.7 Å². The van der Waals surface area contributed by atoms with Crippen molar-refractivity contribution in [3.05, 3.63) is 94.5 Å². The van der Waals surface area contributed by atoms with Crippen molar-refractivity contribution < 1.29 is 19.8 Å². The zero-order chi connectivity index (χ0) is 23.9. The SMILES string of the molecule is O=C(NC1(C(=O)O)CC1)c1ncc2c(cc(-c3ccccc3)c(=O)n2Cc2ccccc2)c1O. The third-order valence-electron chi connectivity index (χ3n) is 6.12. The number of hydrogen-bond donors (Lipinski definition) is 3. The lowest BCUT2D eigenvalue weighted by molar-refractivity contribution is -0.140. The Morgan fingerprint density at radius 2 is 1.68 bits per heavy atom. The third-order valence-corrected chi connectivity index (χ3v) is 6.12. The number of nitrogens with zero attached hydrogens (tertiary/aromatic N) is 2. The molecule has 0 saturated heterocycles. The molecule has 5 rings (SSSR count). The van der Waals surface area contributed by atoms with Gasteiger partial charge in [0.1, 0.15) is 5.54 Å². The summed E-state index contributed by atoms with van der Waals surface area (Å²) in [5.74, 6) is -2.30. The molecule has 1 saturated carbocycles. The van der Waals surface area contributed by atoms with E-state index in [1.165, 1.54) is 10.8 Å². The van der Waals surface area contributed by atoms with E-state index in [1.54, 1.807) is 18.2 Å². The van der Waals surface area contributed by atoms with Crippen molar-refractivity contribution in [2.24, 2.45) is 0 Å². The molecule has 170 valence electrons. The van der Waals surface area contributed by atoms with Gasteiger partial charge in [-0.2, -0.15) is 0 Å². The number of carbonyl (C=O) groups excluding carboxylic acids is 1. The number of aromatic nitrogens is 2. The Kier molecular flexibility index (Phi) is 5.13. The first-order valence-electron chi connectivity index (χ1n) is 10.8. The number of carboxylic acids is 1. The fourth-order valence-corrected chi connectivity index (χ4v) is 4.03. The number of aliphatic carboxylic acids is 1. The van der Waals surface area contributed by atoms with Crippen LogP contribution in [0.1, 0.15) is 28.9 Å². The number of benzene rings is 2. The second-order valence-electron chi connectivity index (χ2n) is 8.40. The summed E-state index contributed by atoms with van der Waals surface area (Å²) in [5, 5.41) is 23.2. The molecule has 1 aliphatic rings. The van der Waals surface area contributed by atoms with Crippen LogP contribution < -0.4 is 10.9 Å². The number of hydrogen-bond acceptors (Lipinski definition) is 5. The summed E-state index contributed by atoms with van der Waals surface area (Å²) in [7, 11) is 0. The van der Waals surface area contributed by atoms with E-state index in [0.29, 0.717) is 29.5 Å². The summed E-state index contributed by atoms with van der Waals surface area (Å²) < 4.78 is 1.51. The molecule has 0 radical (unpaired) electrons. The van der Waals surface area contributed by atoms with Gasteiger partial charge in [0, 0.05) is 10.9 Å². The van der Waals surface area contributed by atoms with Crippen LogP contribution in [0.2, 0.25) is 0 Å². The lowest BCUT2D eigenvalue weighted by Crippen LogP contribution is -2.43. The van der Waals surface area contributed by atoms with Gasteiger partial charge in [0.05, 0.1) is 18.3 Å². The number of aromatic hydroxyl groups is 1. The van der Waals surface area contributed by atoms with E-state index in [1.807, 2.05) is 48.5 Å². The van der Waals surface area contributed by atoms with Gasteiger partial charge in [-0.15, -0.1) is 0 Å². The van der Waals surface area contributed by atoms with Crippen molar-refractivity contribution in [1.29, 1.82) is 0 Å². The van der Waals surface area contributed by atoms with Gasteiger partial charge in [0.2, 0.25) is 0 Å². The highest BCUT2D eigenvalue weighted by Crippen LogP contribution is 2.37. The molecule has 3 N–H and O–H groups in total. The summed E-state index contributed by atoms with van der Waals surface area (Å²) in [6.45, 7) is 0.242. The molecular formula is C26H21N3O5. The molecule has 1 amide bonds. The van der Waals surface area contributed by atoms with Crippen LogP contribution in [-0.4, -0.2) is 37.2 Å². The van der Waals surface area contributed by atoms with Crippen LogP contribution in [0.25, 0.3) is 22.0 Å². The molecule has 34 heavy (non-hydrogen) atoms. The van der Waals surface area contributed by atoms with Crippen LogP contribution in [0.3, 0.4) is 0 Å². The van der Waals surface area contributed by atoms with Gasteiger partial charge < -0.3 is 20.1 Å². The lowest BCUT2D eigenvalue weighted by atomic mass is 10.0. The fourth-order valence-electron chi connectivity index (χ4n) is 4.03. The van der Waals surface area contributed by atoms with Gasteiger partial charge in [0.25, 0.3) is 11.5 Å². The van der Waals surface area contributed by atoms with E-state index < -0.39 is 23.2 Å². The molecule has 1 fully saturated rings. The molecule has 0 aliphatic heterocycles. The van der Waals surface area contributed by atoms with E-state index >= 15 is 0 Å². The van der Waals surface area contributed by atoms with Crippen LogP contribution in [0, 0.1) is 0 Å². The van der Waals surface area contributed by atoms with Crippen LogP contribution in [0.4, 0.5) is 0 Å². The average Bonchev–Trinajstić information content (AvgIpc) is 3.63. The summed E-state index contributed by atoms with van der Waals surface area (Å²) in [6, 6.07) is 20.0. The van der Waals surface area contributed by atoms with Crippen molar-refractivity contribution in [3.63, 3.8) is 0 Å². The predicted molar refractivity (Wildman–Crippen MR) is 126 cm³/mol. The topological polar surface area (TPSA) is 122 Å². The molecular weight excluding hydrogens is 434 g/mol. The van der Waals surface area contributed by atoms with Gasteiger partial charge in [-0.25, -0.2) is 9.78 Å². The van der Waals surface area contributed by atoms with Crippen molar-refractivity contribution in [2.45, 2.75) is 24.9 Å². The zero-order valence-corrected chi connectivity index (χ0v) is 18.1. The number of nitrogens with one attached hydrogen (secondary N) is 1. The summed E-state index contributed by atoms with van der Waals surface area (Å²) >= 11 is 0. The van der Waals surface area contributed by atoms with Crippen LogP contribution in [-0.2, 0) is 11.3 Å². The lowest BCUT2D eigenvalue weighted by Gasteiger charge is -2.16. The zero-order valence-electron chi connectivity index (χ0n) is 18.1. The van der Waals surface area contributed by atoms with E-state index in [4.69, 9.17) is 0 Å². The molecule has 0 atom stereocenters. The van der Waals surface area contributed by atoms with Gasteiger partial charge in [-0.05, 0) is 30.0 Å². The highest BCUT2D eigenvalue weighted by atomic mass is 16.4. The number of carboxylic acid groups (broad SMARTS) is 1. The second kappa shape index (κ2) is 8.15. The fraction of sp³-hybridized carbons (Fsp3) is 0.154. The number of carbonyl (C=O) groups is 2. The number of amides is 1. The quantitative estimate of drug-likeness (QED) is 0.411. The number of pyridine rings is 2. The van der Waals surface area contributed by atoms with Crippen molar-refractivity contribution in [3.8, 4) is 16.9 Å². The molecule has 0 unspecified atom stereocenters. The van der Waals surface area contributed by atoms with E-state index in [2.05, 4.69) is 10.3 Å². The molecule has 2 aromatic carbocycles. The summed E-state index contributed by atoms with van der Waals surface area (Å²) in [6.07, 6.45) is 2.00. The van der Waals surface area contributed by atoms with Gasteiger partial charge >= 0.3 is 5.97 Å².